The summed E-state index contributed by atoms with van der Waals surface area (Å²) in [4.78, 5) is 11.5. The number of hydrogen-bond acceptors (Lipinski definition) is 3. The van der Waals surface area contributed by atoms with Crippen molar-refractivity contribution >= 4 is 16.8 Å². The first-order chi connectivity index (χ1) is 10.6. The number of carbonyl (C=O) groups is 1. The lowest BCUT2D eigenvalue weighted by Crippen LogP contribution is -2.03. The minimum absolute atomic E-state index is 0.305. The minimum Gasteiger partial charge on any atom is -0.456 e. The molecule has 0 saturated heterocycles. The van der Waals surface area contributed by atoms with E-state index in [0.29, 0.717) is 17.1 Å². The van der Waals surface area contributed by atoms with E-state index in [1.54, 1.807) is 12.1 Å². The van der Waals surface area contributed by atoms with Crippen LogP contribution in [0.5, 0.6) is 0 Å². The number of benzene rings is 2. The summed E-state index contributed by atoms with van der Waals surface area (Å²) in [5.74, 6) is 0.969. The Morgan fingerprint density at radius 3 is 2.45 bits per heavy atom. The smallest absolute Gasteiger partial charge is 0.188 e. The standard InChI is InChI=1S/C19H18O3/c1-12(2)13-3-5-14(6-4-13)18-10-16-8-7-15(17(21)11-20)9-19(16)22-18/h3-10,12,20H,11H2,1-2H3. The number of aliphatic hydroxyl groups is 1. The highest BCUT2D eigenvalue weighted by Gasteiger charge is 2.10. The molecular formula is C19H18O3. The van der Waals surface area contributed by atoms with Gasteiger partial charge in [0, 0.05) is 16.5 Å². The lowest BCUT2D eigenvalue weighted by molar-refractivity contribution is 0.0904. The van der Waals surface area contributed by atoms with Gasteiger partial charge >= 0.3 is 0 Å². The van der Waals surface area contributed by atoms with Crippen LogP contribution >= 0.6 is 0 Å². The van der Waals surface area contributed by atoms with Gasteiger partial charge in [-0.3, -0.25) is 4.79 Å². The van der Waals surface area contributed by atoms with E-state index in [4.69, 9.17) is 9.52 Å². The third-order valence-electron chi connectivity index (χ3n) is 3.85. The van der Waals surface area contributed by atoms with Gasteiger partial charge in [-0.25, -0.2) is 0 Å². The number of hydrogen-bond donors (Lipinski definition) is 1. The van der Waals surface area contributed by atoms with Crippen LogP contribution in [0.25, 0.3) is 22.3 Å². The van der Waals surface area contributed by atoms with Crippen LogP contribution in [0.3, 0.4) is 0 Å². The number of furan rings is 1. The molecule has 1 aromatic heterocycles. The second-order valence-electron chi connectivity index (χ2n) is 5.72. The van der Waals surface area contributed by atoms with Gasteiger partial charge < -0.3 is 9.52 Å². The monoisotopic (exact) mass is 294 g/mol. The van der Waals surface area contributed by atoms with Gasteiger partial charge in [-0.05, 0) is 23.6 Å². The van der Waals surface area contributed by atoms with Gasteiger partial charge in [0.25, 0.3) is 0 Å². The molecule has 3 heteroatoms. The van der Waals surface area contributed by atoms with Crippen LogP contribution < -0.4 is 0 Å². The average Bonchev–Trinajstić information content (AvgIpc) is 2.97. The Morgan fingerprint density at radius 1 is 1.09 bits per heavy atom. The number of ketones is 1. The van der Waals surface area contributed by atoms with Crippen molar-refractivity contribution in [1.29, 1.82) is 0 Å². The molecule has 3 rings (SSSR count). The molecule has 0 radical (unpaired) electrons. The molecule has 0 spiro atoms. The van der Waals surface area contributed by atoms with Crippen LogP contribution in [0.15, 0.2) is 52.9 Å². The van der Waals surface area contributed by atoms with E-state index in [2.05, 4.69) is 26.0 Å². The maximum absolute atomic E-state index is 11.5. The normalized spacial score (nSPS) is 11.3. The lowest BCUT2D eigenvalue weighted by atomic mass is 10.0. The van der Waals surface area contributed by atoms with Crippen LogP contribution in [-0.4, -0.2) is 17.5 Å². The summed E-state index contributed by atoms with van der Waals surface area (Å²) in [5, 5.41) is 9.88. The summed E-state index contributed by atoms with van der Waals surface area (Å²) in [6, 6.07) is 15.5. The molecule has 0 amide bonds. The van der Waals surface area contributed by atoms with E-state index >= 15 is 0 Å². The van der Waals surface area contributed by atoms with Crippen LogP contribution in [0.1, 0.15) is 35.7 Å². The molecule has 0 saturated carbocycles. The van der Waals surface area contributed by atoms with Crippen molar-refractivity contribution in [3.63, 3.8) is 0 Å². The summed E-state index contributed by atoms with van der Waals surface area (Å²) in [7, 11) is 0. The van der Waals surface area contributed by atoms with Crippen molar-refractivity contribution in [2.24, 2.45) is 0 Å². The number of Topliss-reactive ketones (excluding diaryl/α,β-unsaturated/α-hetero) is 1. The van der Waals surface area contributed by atoms with Crippen molar-refractivity contribution in [1.82, 2.24) is 0 Å². The van der Waals surface area contributed by atoms with Gasteiger partial charge in [0.1, 0.15) is 18.0 Å². The van der Waals surface area contributed by atoms with Crippen molar-refractivity contribution in [3.05, 3.63) is 59.7 Å². The summed E-state index contributed by atoms with van der Waals surface area (Å²) < 4.78 is 5.86. The fourth-order valence-corrected chi connectivity index (χ4v) is 2.47. The second kappa shape index (κ2) is 5.78. The molecule has 0 aliphatic heterocycles. The highest BCUT2D eigenvalue weighted by atomic mass is 16.3. The third-order valence-corrected chi connectivity index (χ3v) is 3.85. The molecule has 3 nitrogen and oxygen atoms in total. The Kier molecular flexibility index (Phi) is 3.82. The molecule has 1 N–H and O–H groups in total. The molecule has 1 heterocycles. The molecule has 0 aliphatic carbocycles. The zero-order chi connectivity index (χ0) is 15.7. The first-order valence-electron chi connectivity index (χ1n) is 7.36. The van der Waals surface area contributed by atoms with Crippen LogP contribution in [0.2, 0.25) is 0 Å². The van der Waals surface area contributed by atoms with Crippen molar-refractivity contribution in [3.8, 4) is 11.3 Å². The maximum atomic E-state index is 11.5. The van der Waals surface area contributed by atoms with E-state index in [1.807, 2.05) is 24.3 Å². The molecule has 0 aliphatic rings. The Morgan fingerprint density at radius 2 is 1.82 bits per heavy atom. The predicted molar refractivity (Wildman–Crippen MR) is 87.2 cm³/mol. The highest BCUT2D eigenvalue weighted by molar-refractivity contribution is 6.00. The van der Waals surface area contributed by atoms with E-state index in [1.165, 1.54) is 5.56 Å². The van der Waals surface area contributed by atoms with E-state index in [0.717, 1.165) is 16.7 Å². The van der Waals surface area contributed by atoms with Gasteiger partial charge in [0.15, 0.2) is 5.78 Å². The maximum Gasteiger partial charge on any atom is 0.188 e. The Balaban J connectivity index is 1.99. The van der Waals surface area contributed by atoms with Crippen LogP contribution in [0, 0.1) is 0 Å². The van der Waals surface area contributed by atoms with Gasteiger partial charge in [-0.1, -0.05) is 50.2 Å². The van der Waals surface area contributed by atoms with Crippen molar-refractivity contribution < 1.29 is 14.3 Å². The van der Waals surface area contributed by atoms with Crippen LogP contribution in [-0.2, 0) is 0 Å². The number of fused-ring (bicyclic) bond motifs is 1. The molecule has 0 bridgehead atoms. The van der Waals surface area contributed by atoms with E-state index < -0.39 is 6.61 Å². The Bertz CT molecular complexity index is 810. The minimum atomic E-state index is -0.490. The number of rotatable bonds is 4. The summed E-state index contributed by atoms with van der Waals surface area (Å²) in [6.07, 6.45) is 0. The summed E-state index contributed by atoms with van der Waals surface area (Å²) in [6.45, 7) is 3.83. The van der Waals surface area contributed by atoms with Crippen molar-refractivity contribution in [2.75, 3.05) is 6.61 Å². The molecule has 112 valence electrons. The van der Waals surface area contributed by atoms with Gasteiger partial charge in [0.2, 0.25) is 0 Å². The number of carbonyl (C=O) groups excluding carboxylic acids is 1. The quantitative estimate of drug-likeness (QED) is 0.726. The third kappa shape index (κ3) is 2.68. The Labute approximate surface area is 129 Å². The average molecular weight is 294 g/mol. The van der Waals surface area contributed by atoms with Gasteiger partial charge in [-0.15, -0.1) is 0 Å². The van der Waals surface area contributed by atoms with Gasteiger partial charge in [-0.2, -0.15) is 0 Å². The molecule has 2 aromatic carbocycles. The summed E-state index contributed by atoms with van der Waals surface area (Å²) >= 11 is 0. The first-order valence-corrected chi connectivity index (χ1v) is 7.36. The molecular weight excluding hydrogens is 276 g/mol. The molecule has 3 aromatic rings. The molecule has 0 fully saturated rings. The first kappa shape index (κ1) is 14.5. The second-order valence-corrected chi connectivity index (χ2v) is 5.72. The SMILES string of the molecule is CC(C)c1ccc(-c2cc3ccc(C(=O)CO)cc3o2)cc1. The van der Waals surface area contributed by atoms with E-state index in [-0.39, 0.29) is 5.78 Å². The topological polar surface area (TPSA) is 50.4 Å². The zero-order valence-corrected chi connectivity index (χ0v) is 12.7. The molecule has 0 atom stereocenters. The zero-order valence-electron chi connectivity index (χ0n) is 12.7. The van der Waals surface area contributed by atoms with Crippen LogP contribution in [0.4, 0.5) is 0 Å². The predicted octanol–water partition coefficient (Wildman–Crippen LogP) is 4.40. The highest BCUT2D eigenvalue weighted by Crippen LogP contribution is 2.29. The lowest BCUT2D eigenvalue weighted by Gasteiger charge is -2.05. The fraction of sp³-hybridized carbons (Fsp3) is 0.211. The van der Waals surface area contributed by atoms with E-state index in [9.17, 15) is 4.79 Å². The van der Waals surface area contributed by atoms with Crippen molar-refractivity contribution in [2.45, 2.75) is 19.8 Å². The Hall–Kier alpha value is -2.39. The largest absolute Gasteiger partial charge is 0.456 e. The molecule has 0 unspecified atom stereocenters. The fourth-order valence-electron chi connectivity index (χ4n) is 2.47. The molecule has 22 heavy (non-hydrogen) atoms. The number of aliphatic hydroxyl groups excluding tert-OH is 1. The summed E-state index contributed by atoms with van der Waals surface area (Å²) in [5.41, 5.74) is 3.42. The van der Waals surface area contributed by atoms with Gasteiger partial charge in [0.05, 0.1) is 0 Å².